The van der Waals surface area contributed by atoms with Crippen molar-refractivity contribution < 1.29 is 24.9 Å². The summed E-state index contributed by atoms with van der Waals surface area (Å²) >= 11 is 5.04. The fourth-order valence-electron chi connectivity index (χ4n) is 2.10. The molecule has 0 saturated carbocycles. The molecular weight excluding hydrogens is 302 g/mol. The van der Waals surface area contributed by atoms with Crippen LogP contribution >= 0.6 is 12.2 Å². The van der Waals surface area contributed by atoms with Crippen molar-refractivity contribution in [2.24, 2.45) is 0 Å². The molecule has 1 aromatic rings. The smallest absolute Gasteiger partial charge is 0.256 e. The van der Waals surface area contributed by atoms with E-state index in [1.807, 2.05) is 0 Å². The molecule has 21 heavy (non-hydrogen) atoms. The van der Waals surface area contributed by atoms with Crippen molar-refractivity contribution in [2.45, 2.75) is 31.1 Å². The number of hydrogen-bond acceptors (Lipinski definition) is 8. The number of ether oxygens (including phenoxy) is 1. The Morgan fingerprint density at radius 1 is 1.52 bits per heavy atom. The third kappa shape index (κ3) is 3.21. The van der Waals surface area contributed by atoms with Gasteiger partial charge in [0, 0.05) is 11.8 Å². The Labute approximate surface area is 124 Å². The van der Waals surface area contributed by atoms with Gasteiger partial charge in [-0.3, -0.25) is 14.3 Å². The molecule has 1 fully saturated rings. The monoisotopic (exact) mass is 319 g/mol. The molecule has 0 aromatic carbocycles. The number of rotatable bonds is 5. The van der Waals surface area contributed by atoms with Gasteiger partial charge < -0.3 is 24.9 Å². The van der Waals surface area contributed by atoms with E-state index >= 15 is 0 Å². The Kier molecular flexibility index (Phi) is 5.22. The minimum atomic E-state index is -1.28. The van der Waals surface area contributed by atoms with E-state index in [1.54, 1.807) is 0 Å². The number of aliphatic hydroxyl groups excluding tert-OH is 3. The molecule has 5 N–H and O–H groups in total. The van der Waals surface area contributed by atoms with E-state index in [2.05, 4.69) is 15.3 Å². The van der Waals surface area contributed by atoms with Crippen molar-refractivity contribution >= 4 is 12.2 Å². The van der Waals surface area contributed by atoms with Crippen LogP contribution in [-0.4, -0.2) is 56.9 Å². The van der Waals surface area contributed by atoms with Gasteiger partial charge in [-0.1, -0.05) is 0 Å². The molecule has 9 nitrogen and oxygen atoms in total. The normalized spacial score (nSPS) is 29.0. The van der Waals surface area contributed by atoms with Gasteiger partial charge in [-0.25, -0.2) is 0 Å². The van der Waals surface area contributed by atoms with Gasteiger partial charge in [-0.15, -0.1) is 0 Å². The van der Waals surface area contributed by atoms with Crippen molar-refractivity contribution in [2.75, 3.05) is 13.7 Å². The number of hydroxylamine groups is 1. The molecule has 0 aliphatic carbocycles. The van der Waals surface area contributed by atoms with E-state index in [0.29, 0.717) is 5.56 Å². The van der Waals surface area contributed by atoms with Crippen molar-refractivity contribution in [3.05, 3.63) is 26.9 Å². The molecule has 2 rings (SSSR count). The summed E-state index contributed by atoms with van der Waals surface area (Å²) in [5.41, 5.74) is 2.44. The number of aromatic amines is 1. The third-order valence-corrected chi connectivity index (χ3v) is 3.55. The largest absolute Gasteiger partial charge is 0.394 e. The van der Waals surface area contributed by atoms with Crippen LogP contribution in [0.25, 0.3) is 0 Å². The zero-order chi connectivity index (χ0) is 15.6. The highest BCUT2D eigenvalue weighted by molar-refractivity contribution is 7.71. The highest BCUT2D eigenvalue weighted by Crippen LogP contribution is 2.29. The first-order valence-electron chi connectivity index (χ1n) is 6.22. The second-order valence-corrected chi connectivity index (χ2v) is 4.96. The van der Waals surface area contributed by atoms with Crippen LogP contribution in [0.2, 0.25) is 0 Å². The van der Waals surface area contributed by atoms with Gasteiger partial charge in [0.15, 0.2) is 11.0 Å². The SMILES string of the molecule is CONCc1cn([C@H]2O[C@@H](CO)C(O)C2O)c(=S)[nH]c1=O. The highest BCUT2D eigenvalue weighted by Gasteiger charge is 2.43. The van der Waals surface area contributed by atoms with Gasteiger partial charge in [0.05, 0.1) is 20.3 Å². The molecule has 2 heterocycles. The molecule has 4 atom stereocenters. The van der Waals surface area contributed by atoms with E-state index in [-0.39, 0.29) is 11.3 Å². The predicted octanol–water partition coefficient (Wildman–Crippen LogP) is -1.83. The quantitative estimate of drug-likeness (QED) is 0.317. The van der Waals surface area contributed by atoms with Gasteiger partial charge in [-0.05, 0) is 12.2 Å². The highest BCUT2D eigenvalue weighted by atomic mass is 32.1. The maximum atomic E-state index is 11.8. The summed E-state index contributed by atoms with van der Waals surface area (Å²) < 4.78 is 6.74. The summed E-state index contributed by atoms with van der Waals surface area (Å²) in [5.74, 6) is 0. The molecule has 1 aliphatic heterocycles. The van der Waals surface area contributed by atoms with E-state index in [9.17, 15) is 15.0 Å². The lowest BCUT2D eigenvalue weighted by atomic mass is 10.1. The van der Waals surface area contributed by atoms with Gasteiger partial charge in [0.1, 0.15) is 18.3 Å². The van der Waals surface area contributed by atoms with E-state index in [4.69, 9.17) is 22.1 Å². The Hall–Kier alpha value is -1.14. The van der Waals surface area contributed by atoms with Crippen LogP contribution in [0.5, 0.6) is 0 Å². The average molecular weight is 319 g/mol. The first-order chi connectivity index (χ1) is 9.99. The van der Waals surface area contributed by atoms with Crippen LogP contribution in [0, 0.1) is 4.77 Å². The summed E-state index contributed by atoms with van der Waals surface area (Å²) in [6.45, 7) is -0.320. The topological polar surface area (TPSA) is 129 Å². The van der Waals surface area contributed by atoms with Crippen LogP contribution in [-0.2, 0) is 16.1 Å². The number of nitrogens with one attached hydrogen (secondary N) is 2. The fraction of sp³-hybridized carbons (Fsp3) is 0.636. The van der Waals surface area contributed by atoms with Gasteiger partial charge in [-0.2, -0.15) is 5.48 Å². The molecule has 10 heteroatoms. The second kappa shape index (κ2) is 6.75. The number of aromatic nitrogens is 2. The van der Waals surface area contributed by atoms with Crippen molar-refractivity contribution in [1.82, 2.24) is 15.0 Å². The van der Waals surface area contributed by atoms with Crippen LogP contribution in [0.3, 0.4) is 0 Å². The summed E-state index contributed by atoms with van der Waals surface area (Å²) in [4.78, 5) is 18.9. The number of nitrogens with zero attached hydrogens (tertiary/aromatic N) is 1. The van der Waals surface area contributed by atoms with Crippen LogP contribution in [0.4, 0.5) is 0 Å². The standard InChI is InChI=1S/C11H17N3O6S/c1-19-12-2-5-3-14(11(21)13-9(5)18)10-8(17)7(16)6(4-15)20-10/h3,6-8,10,12,15-17H,2,4H2,1H3,(H,13,18,21)/t6-,7?,8?,10-/m0/s1. The molecule has 118 valence electrons. The van der Waals surface area contributed by atoms with Crippen molar-refractivity contribution in [3.8, 4) is 0 Å². The Morgan fingerprint density at radius 2 is 2.24 bits per heavy atom. The fourth-order valence-corrected chi connectivity index (χ4v) is 2.35. The summed E-state index contributed by atoms with van der Waals surface area (Å²) in [6, 6.07) is 0. The van der Waals surface area contributed by atoms with Crippen molar-refractivity contribution in [1.29, 1.82) is 0 Å². The summed E-state index contributed by atoms with van der Waals surface area (Å²) in [6.07, 6.45) is -3.02. The summed E-state index contributed by atoms with van der Waals surface area (Å²) in [7, 11) is 1.41. The molecule has 1 saturated heterocycles. The number of hydrogen-bond donors (Lipinski definition) is 5. The van der Waals surface area contributed by atoms with Gasteiger partial charge in [0.2, 0.25) is 0 Å². The molecule has 1 aliphatic rings. The number of aliphatic hydroxyl groups is 3. The number of H-pyrrole nitrogens is 1. The molecule has 0 radical (unpaired) electrons. The lowest BCUT2D eigenvalue weighted by Gasteiger charge is -2.19. The van der Waals surface area contributed by atoms with E-state index < -0.39 is 36.7 Å². The molecule has 1 aromatic heterocycles. The van der Waals surface area contributed by atoms with Crippen LogP contribution < -0.4 is 11.0 Å². The van der Waals surface area contributed by atoms with Crippen LogP contribution in [0.1, 0.15) is 11.8 Å². The zero-order valence-corrected chi connectivity index (χ0v) is 12.0. The molecular formula is C11H17N3O6S. The second-order valence-electron chi connectivity index (χ2n) is 4.57. The molecule has 0 bridgehead atoms. The Morgan fingerprint density at radius 3 is 2.81 bits per heavy atom. The minimum absolute atomic E-state index is 0.0380. The summed E-state index contributed by atoms with van der Waals surface area (Å²) in [5, 5.41) is 28.8. The maximum absolute atomic E-state index is 11.8. The lowest BCUT2D eigenvalue weighted by molar-refractivity contribution is -0.0543. The predicted molar refractivity (Wildman–Crippen MR) is 72.7 cm³/mol. The van der Waals surface area contributed by atoms with E-state index in [0.717, 1.165) is 0 Å². The molecule has 2 unspecified atom stereocenters. The Bertz CT molecular complexity index is 602. The first-order valence-corrected chi connectivity index (χ1v) is 6.63. The molecule has 0 spiro atoms. The first kappa shape index (κ1) is 16.2. The lowest BCUT2D eigenvalue weighted by Crippen LogP contribution is -2.33. The van der Waals surface area contributed by atoms with Crippen molar-refractivity contribution in [3.63, 3.8) is 0 Å². The molecule has 0 amide bonds. The maximum Gasteiger partial charge on any atom is 0.256 e. The van der Waals surface area contributed by atoms with Crippen LogP contribution in [0.15, 0.2) is 11.0 Å². The van der Waals surface area contributed by atoms with Gasteiger partial charge in [0.25, 0.3) is 5.56 Å². The van der Waals surface area contributed by atoms with E-state index in [1.165, 1.54) is 17.9 Å². The zero-order valence-electron chi connectivity index (χ0n) is 11.2. The minimum Gasteiger partial charge on any atom is -0.394 e. The van der Waals surface area contributed by atoms with Gasteiger partial charge >= 0.3 is 0 Å². The Balaban J connectivity index is 2.35. The third-order valence-electron chi connectivity index (χ3n) is 3.24. The average Bonchev–Trinajstić information content (AvgIpc) is 2.74.